The number of ketones is 1. The molecule has 1 atom stereocenters. The number of Topliss-reactive ketones (excluding diaryl/α,β-unsaturated/α-hetero) is 1. The standard InChI is InChI=1S/C28H29N3O5/c1-4-5-14-30-20-12-8-7-11-19(20)28(27(30)35)23(25(33)26(34)31(28)16-15-29(2)3)24(32)22-17-18-10-6-9-13-21(18)36-22/h6-13,17,33H,4-5,14-16H2,1-3H3. The highest BCUT2D eigenvalue weighted by molar-refractivity contribution is 6.26. The van der Waals surface area contributed by atoms with Crippen molar-refractivity contribution in [2.45, 2.75) is 25.3 Å². The fourth-order valence-electron chi connectivity index (χ4n) is 5.25. The number of likely N-dealkylation sites (N-methyl/N-ethyl adjacent to an activating group) is 1. The van der Waals surface area contributed by atoms with Gasteiger partial charge in [0.2, 0.25) is 11.7 Å². The molecule has 2 aliphatic heterocycles. The van der Waals surface area contributed by atoms with Gasteiger partial charge in [-0.15, -0.1) is 0 Å². The molecule has 36 heavy (non-hydrogen) atoms. The van der Waals surface area contributed by atoms with Gasteiger partial charge in [-0.1, -0.05) is 49.7 Å². The van der Waals surface area contributed by atoms with Crippen molar-refractivity contribution in [3.05, 3.63) is 77.3 Å². The lowest BCUT2D eigenvalue weighted by Gasteiger charge is -2.36. The zero-order valence-corrected chi connectivity index (χ0v) is 20.7. The third-order valence-corrected chi connectivity index (χ3v) is 7.02. The molecule has 0 radical (unpaired) electrons. The predicted molar refractivity (Wildman–Crippen MR) is 132 cm³/mol. The number of hydrogen-bond acceptors (Lipinski definition) is 5. The number of unbranched alkanes of at least 4 members (excludes halogenated alkanes) is 1. The maximum absolute atomic E-state index is 14.3. The molecule has 2 aliphatic rings. The minimum atomic E-state index is -1.82. The Balaban J connectivity index is 1.73. The summed E-state index contributed by atoms with van der Waals surface area (Å²) in [6.07, 6.45) is 1.60. The second kappa shape index (κ2) is 8.95. The van der Waals surface area contributed by atoms with Crippen molar-refractivity contribution in [3.8, 4) is 0 Å². The smallest absolute Gasteiger partial charge is 0.262 e. The van der Waals surface area contributed by atoms with E-state index in [1.807, 2.05) is 39.2 Å². The number of carbonyl (C=O) groups is 3. The second-order valence-electron chi connectivity index (χ2n) is 9.63. The van der Waals surface area contributed by atoms with Gasteiger partial charge >= 0.3 is 0 Å². The van der Waals surface area contributed by atoms with E-state index in [1.54, 1.807) is 41.3 Å². The maximum atomic E-state index is 14.3. The number of benzene rings is 2. The Morgan fingerprint density at radius 2 is 1.78 bits per heavy atom. The van der Waals surface area contributed by atoms with E-state index in [4.69, 9.17) is 4.42 Å². The summed E-state index contributed by atoms with van der Waals surface area (Å²) in [6, 6.07) is 15.8. The van der Waals surface area contributed by atoms with Crippen molar-refractivity contribution in [1.29, 1.82) is 0 Å². The van der Waals surface area contributed by atoms with Gasteiger partial charge in [0.15, 0.2) is 11.3 Å². The molecule has 0 fully saturated rings. The van der Waals surface area contributed by atoms with Gasteiger partial charge in [0, 0.05) is 23.1 Å². The quantitative estimate of drug-likeness (QED) is 0.483. The van der Waals surface area contributed by atoms with E-state index in [-0.39, 0.29) is 17.9 Å². The van der Waals surface area contributed by atoms with Crippen LogP contribution < -0.4 is 14.9 Å². The Bertz CT molecular complexity index is 1370. The normalized spacial score (nSPS) is 19.4. The highest BCUT2D eigenvalue weighted by atomic mass is 16.3. The molecule has 0 aliphatic carbocycles. The number of amides is 2. The fraction of sp³-hybridized carbons (Fsp3) is 0.321. The average Bonchev–Trinajstić information content (AvgIpc) is 3.47. The summed E-state index contributed by atoms with van der Waals surface area (Å²) >= 11 is 0. The zero-order valence-electron chi connectivity index (χ0n) is 20.7. The lowest BCUT2D eigenvalue weighted by Crippen LogP contribution is -3.06. The van der Waals surface area contributed by atoms with Gasteiger partial charge in [0.25, 0.3) is 5.91 Å². The molecule has 1 spiro atoms. The third kappa shape index (κ3) is 3.36. The Hall–Kier alpha value is -3.91. The lowest BCUT2D eigenvalue weighted by atomic mass is 9.81. The van der Waals surface area contributed by atoms with Crippen molar-refractivity contribution >= 4 is 34.3 Å². The summed E-state index contributed by atoms with van der Waals surface area (Å²) < 4.78 is 5.80. The van der Waals surface area contributed by atoms with Crippen LogP contribution in [0.5, 0.6) is 0 Å². The van der Waals surface area contributed by atoms with E-state index in [1.165, 1.54) is 4.90 Å². The van der Waals surface area contributed by atoms with Crippen LogP contribution in [-0.4, -0.2) is 56.2 Å². The minimum Gasteiger partial charge on any atom is -0.868 e. The molecule has 186 valence electrons. The molecule has 1 N–H and O–H groups in total. The number of hydrogen-bond donors (Lipinski definition) is 1. The number of nitrogens with zero attached hydrogens (tertiary/aromatic N) is 2. The van der Waals surface area contributed by atoms with Crippen molar-refractivity contribution < 1.29 is 28.8 Å². The summed E-state index contributed by atoms with van der Waals surface area (Å²) in [5.74, 6) is -3.02. The molecule has 0 saturated carbocycles. The minimum absolute atomic E-state index is 0.0656. The average molecular weight is 488 g/mol. The number of anilines is 1. The third-order valence-electron chi connectivity index (χ3n) is 7.02. The van der Waals surface area contributed by atoms with E-state index in [9.17, 15) is 19.5 Å². The molecular formula is C28H29N3O5. The van der Waals surface area contributed by atoms with Gasteiger partial charge in [-0.3, -0.25) is 14.4 Å². The Kier molecular flexibility index (Phi) is 5.92. The van der Waals surface area contributed by atoms with Crippen LogP contribution in [0, 0.1) is 0 Å². The van der Waals surface area contributed by atoms with Crippen molar-refractivity contribution in [3.63, 3.8) is 0 Å². The molecule has 5 rings (SSSR count). The molecule has 1 unspecified atom stereocenters. The van der Waals surface area contributed by atoms with Gasteiger partial charge in [0.05, 0.1) is 32.9 Å². The second-order valence-corrected chi connectivity index (χ2v) is 9.63. The summed E-state index contributed by atoms with van der Waals surface area (Å²) in [4.78, 5) is 45.8. The first-order valence-electron chi connectivity index (χ1n) is 12.3. The number of fused-ring (bicyclic) bond motifs is 3. The summed E-state index contributed by atoms with van der Waals surface area (Å²) in [7, 11) is 3.86. The predicted octanol–water partition coefficient (Wildman–Crippen LogP) is 1.26. The van der Waals surface area contributed by atoms with Crippen molar-refractivity contribution in [1.82, 2.24) is 4.90 Å². The van der Waals surface area contributed by atoms with Crippen molar-refractivity contribution in [2.75, 3.05) is 38.6 Å². The molecule has 3 aromatic rings. The highest BCUT2D eigenvalue weighted by Crippen LogP contribution is 2.53. The molecule has 3 heterocycles. The van der Waals surface area contributed by atoms with Gasteiger partial charge < -0.3 is 24.2 Å². The van der Waals surface area contributed by atoms with E-state index >= 15 is 0 Å². The van der Waals surface area contributed by atoms with Gasteiger partial charge in [-0.2, -0.15) is 0 Å². The largest absolute Gasteiger partial charge is 0.868 e. The summed E-state index contributed by atoms with van der Waals surface area (Å²) in [5.41, 5.74) is -0.571. The number of quaternary nitrogens is 1. The molecule has 8 heteroatoms. The van der Waals surface area contributed by atoms with E-state index in [0.717, 1.165) is 17.7 Å². The molecule has 0 bridgehead atoms. The number of para-hydroxylation sites is 2. The molecule has 8 nitrogen and oxygen atoms in total. The molecule has 2 aromatic carbocycles. The first-order valence-corrected chi connectivity index (χ1v) is 12.3. The van der Waals surface area contributed by atoms with Crippen LogP contribution in [0.15, 0.2) is 70.3 Å². The van der Waals surface area contributed by atoms with Gasteiger partial charge in [-0.05, 0) is 30.4 Å². The van der Waals surface area contributed by atoms with Crippen LogP contribution in [0.3, 0.4) is 0 Å². The highest BCUT2D eigenvalue weighted by Gasteiger charge is 2.63. The van der Waals surface area contributed by atoms with Crippen LogP contribution in [-0.2, 0) is 15.1 Å². The number of rotatable bonds is 8. The van der Waals surface area contributed by atoms with Crippen LogP contribution in [0.25, 0.3) is 11.0 Å². The first-order chi connectivity index (χ1) is 17.3. The molecule has 2 amide bonds. The monoisotopic (exact) mass is 487 g/mol. The number of furan rings is 1. The Morgan fingerprint density at radius 1 is 1.06 bits per heavy atom. The zero-order chi connectivity index (χ0) is 25.6. The topological polar surface area (TPSA) is 98.3 Å². The van der Waals surface area contributed by atoms with E-state index < -0.39 is 28.9 Å². The molecular weight excluding hydrogens is 458 g/mol. The number of nitrogens with one attached hydrogen (secondary N) is 1. The van der Waals surface area contributed by atoms with Gasteiger partial charge in [-0.25, -0.2) is 0 Å². The maximum Gasteiger partial charge on any atom is 0.262 e. The van der Waals surface area contributed by atoms with Crippen LogP contribution >= 0.6 is 0 Å². The first kappa shape index (κ1) is 23.8. The number of carbonyl (C=O) groups excluding carboxylic acids is 3. The van der Waals surface area contributed by atoms with Crippen LogP contribution in [0.4, 0.5) is 5.69 Å². The Labute approximate surface area is 209 Å². The van der Waals surface area contributed by atoms with E-state index in [2.05, 4.69) is 0 Å². The fourth-order valence-corrected chi connectivity index (χ4v) is 5.25. The Morgan fingerprint density at radius 3 is 2.50 bits per heavy atom. The summed E-state index contributed by atoms with van der Waals surface area (Å²) in [6.45, 7) is 3.10. The molecule has 1 aromatic heterocycles. The molecule has 0 saturated heterocycles. The lowest BCUT2D eigenvalue weighted by molar-refractivity contribution is -0.857. The summed E-state index contributed by atoms with van der Waals surface area (Å²) in [5, 5.41) is 14.3. The van der Waals surface area contributed by atoms with Gasteiger partial charge in [0.1, 0.15) is 5.58 Å². The SMILES string of the molecule is CCCCN1C(=O)C2(C(C(=O)c3cc4ccccc4o3)=C([O-])C(=O)N2CC[NH+](C)C)c2ccccc21. The van der Waals surface area contributed by atoms with Crippen molar-refractivity contribution in [2.24, 2.45) is 0 Å². The van der Waals surface area contributed by atoms with Crippen LogP contribution in [0.2, 0.25) is 0 Å². The van der Waals surface area contributed by atoms with Crippen LogP contribution in [0.1, 0.15) is 35.9 Å². The van der Waals surface area contributed by atoms with E-state index in [0.29, 0.717) is 35.3 Å².